The summed E-state index contributed by atoms with van der Waals surface area (Å²) in [4.78, 5) is 25.4. The van der Waals surface area contributed by atoms with Gasteiger partial charge in [-0.3, -0.25) is 9.59 Å². The maximum atomic E-state index is 12.0. The van der Waals surface area contributed by atoms with Crippen molar-refractivity contribution in [1.29, 1.82) is 0 Å². The summed E-state index contributed by atoms with van der Waals surface area (Å²) in [6.45, 7) is 6.35. The number of rotatable bonds is 7. The fraction of sp³-hybridized carbons (Fsp3) is 0.615. The standard InChI is InChI=1S/C13H21N3O3/c1-4-5-7-16(13(18)10(2)3)9-12(17)14-11-6-8-19-15-11/h6,8,10H,4-5,7,9H2,1-3H3,(H,14,15,17). The molecule has 6 heteroatoms. The molecule has 1 heterocycles. The van der Waals surface area contributed by atoms with Gasteiger partial charge in [0.25, 0.3) is 0 Å². The minimum atomic E-state index is -0.265. The average Bonchev–Trinajstić information content (AvgIpc) is 2.86. The quantitative estimate of drug-likeness (QED) is 0.818. The predicted molar refractivity (Wildman–Crippen MR) is 71.5 cm³/mol. The number of nitrogens with zero attached hydrogens (tertiary/aromatic N) is 2. The molecule has 0 unspecified atom stereocenters. The Morgan fingerprint density at radius 2 is 2.21 bits per heavy atom. The third-order valence-corrected chi connectivity index (χ3v) is 2.63. The molecule has 1 aromatic rings. The van der Waals surface area contributed by atoms with Crippen LogP contribution >= 0.6 is 0 Å². The second-order valence-corrected chi connectivity index (χ2v) is 4.70. The largest absolute Gasteiger partial charge is 0.363 e. The summed E-state index contributed by atoms with van der Waals surface area (Å²) in [6, 6.07) is 1.55. The molecule has 0 atom stereocenters. The van der Waals surface area contributed by atoms with Crippen molar-refractivity contribution in [2.45, 2.75) is 33.6 Å². The van der Waals surface area contributed by atoms with Gasteiger partial charge in [0.05, 0.1) is 6.54 Å². The molecule has 0 aliphatic rings. The highest BCUT2D eigenvalue weighted by Gasteiger charge is 2.19. The molecular weight excluding hydrogens is 246 g/mol. The van der Waals surface area contributed by atoms with Crippen LogP contribution in [-0.2, 0) is 9.59 Å². The molecule has 19 heavy (non-hydrogen) atoms. The Morgan fingerprint density at radius 3 is 2.74 bits per heavy atom. The normalized spacial score (nSPS) is 10.5. The number of carbonyl (C=O) groups is 2. The van der Waals surface area contributed by atoms with Crippen LogP contribution < -0.4 is 5.32 Å². The van der Waals surface area contributed by atoms with Gasteiger partial charge in [-0.05, 0) is 6.42 Å². The number of hydrogen-bond acceptors (Lipinski definition) is 4. The summed E-state index contributed by atoms with van der Waals surface area (Å²) in [5.41, 5.74) is 0. The summed E-state index contributed by atoms with van der Waals surface area (Å²) < 4.78 is 4.63. The van der Waals surface area contributed by atoms with Crippen LogP contribution in [0.4, 0.5) is 5.82 Å². The van der Waals surface area contributed by atoms with Gasteiger partial charge >= 0.3 is 0 Å². The molecule has 1 rings (SSSR count). The van der Waals surface area contributed by atoms with Crippen LogP contribution in [0.1, 0.15) is 33.6 Å². The maximum absolute atomic E-state index is 12.0. The third kappa shape index (κ3) is 5.11. The van der Waals surface area contributed by atoms with E-state index in [0.29, 0.717) is 12.4 Å². The first kappa shape index (κ1) is 15.2. The van der Waals surface area contributed by atoms with Crippen LogP contribution in [0.5, 0.6) is 0 Å². The first-order valence-electron chi connectivity index (χ1n) is 6.53. The SMILES string of the molecule is CCCCN(CC(=O)Nc1ccon1)C(=O)C(C)C. The molecular formula is C13H21N3O3. The number of aromatic nitrogens is 1. The molecule has 0 radical (unpaired) electrons. The number of carbonyl (C=O) groups excluding carboxylic acids is 2. The number of nitrogens with one attached hydrogen (secondary N) is 1. The van der Waals surface area contributed by atoms with Crippen molar-refractivity contribution in [3.8, 4) is 0 Å². The number of hydrogen-bond donors (Lipinski definition) is 1. The number of anilines is 1. The van der Waals surface area contributed by atoms with E-state index in [4.69, 9.17) is 0 Å². The minimum Gasteiger partial charge on any atom is -0.363 e. The number of unbranched alkanes of at least 4 members (excludes halogenated alkanes) is 1. The molecule has 1 aromatic heterocycles. The highest BCUT2D eigenvalue weighted by molar-refractivity contribution is 5.93. The van der Waals surface area contributed by atoms with Crippen molar-refractivity contribution >= 4 is 17.6 Å². The lowest BCUT2D eigenvalue weighted by Crippen LogP contribution is -2.40. The fourth-order valence-corrected chi connectivity index (χ4v) is 1.61. The molecule has 0 saturated carbocycles. The van der Waals surface area contributed by atoms with E-state index in [2.05, 4.69) is 15.0 Å². The smallest absolute Gasteiger partial charge is 0.245 e. The molecule has 0 aromatic carbocycles. The summed E-state index contributed by atoms with van der Waals surface area (Å²) >= 11 is 0. The van der Waals surface area contributed by atoms with Gasteiger partial charge in [-0.1, -0.05) is 32.3 Å². The first-order chi connectivity index (χ1) is 9.04. The van der Waals surface area contributed by atoms with E-state index >= 15 is 0 Å². The second-order valence-electron chi connectivity index (χ2n) is 4.70. The topological polar surface area (TPSA) is 75.4 Å². The van der Waals surface area contributed by atoms with Gasteiger partial charge in [-0.25, -0.2) is 0 Å². The predicted octanol–water partition coefficient (Wildman–Crippen LogP) is 1.90. The highest BCUT2D eigenvalue weighted by atomic mass is 16.5. The zero-order valence-electron chi connectivity index (χ0n) is 11.7. The summed E-state index contributed by atoms with van der Waals surface area (Å²) in [5, 5.41) is 6.18. The molecule has 0 aliphatic carbocycles. The van der Waals surface area contributed by atoms with E-state index in [1.165, 1.54) is 6.26 Å². The average molecular weight is 267 g/mol. The third-order valence-electron chi connectivity index (χ3n) is 2.63. The molecule has 6 nitrogen and oxygen atoms in total. The van der Waals surface area contributed by atoms with Crippen molar-refractivity contribution in [3.05, 3.63) is 12.3 Å². The first-order valence-corrected chi connectivity index (χ1v) is 6.53. The lowest BCUT2D eigenvalue weighted by atomic mass is 10.1. The lowest BCUT2D eigenvalue weighted by molar-refractivity contribution is -0.137. The Labute approximate surface area is 113 Å². The van der Waals surface area contributed by atoms with E-state index in [1.54, 1.807) is 11.0 Å². The molecule has 2 amide bonds. The van der Waals surface area contributed by atoms with Crippen molar-refractivity contribution in [1.82, 2.24) is 10.1 Å². The van der Waals surface area contributed by atoms with Crippen molar-refractivity contribution in [2.75, 3.05) is 18.4 Å². The van der Waals surface area contributed by atoms with Crippen LogP contribution in [0.2, 0.25) is 0 Å². The Kier molecular flexibility index (Phi) is 6.05. The molecule has 0 saturated heterocycles. The zero-order valence-corrected chi connectivity index (χ0v) is 11.7. The van der Waals surface area contributed by atoms with E-state index < -0.39 is 0 Å². The molecule has 106 valence electrons. The summed E-state index contributed by atoms with van der Waals surface area (Å²) in [5.74, 6) is -0.0306. The van der Waals surface area contributed by atoms with Gasteiger partial charge in [0.2, 0.25) is 11.8 Å². The van der Waals surface area contributed by atoms with E-state index in [1.807, 2.05) is 20.8 Å². The minimum absolute atomic E-state index is 0.0104. The van der Waals surface area contributed by atoms with Crippen LogP contribution in [-0.4, -0.2) is 35.0 Å². The van der Waals surface area contributed by atoms with Crippen LogP contribution in [0.25, 0.3) is 0 Å². The molecule has 1 N–H and O–H groups in total. The molecule has 0 fully saturated rings. The monoisotopic (exact) mass is 267 g/mol. The van der Waals surface area contributed by atoms with Gasteiger partial charge < -0.3 is 14.7 Å². The Balaban J connectivity index is 2.55. The van der Waals surface area contributed by atoms with Gasteiger partial charge in [0.15, 0.2) is 5.82 Å². The Morgan fingerprint density at radius 1 is 1.47 bits per heavy atom. The van der Waals surface area contributed by atoms with Crippen LogP contribution in [0.15, 0.2) is 16.9 Å². The van der Waals surface area contributed by atoms with Gasteiger partial charge in [0, 0.05) is 18.5 Å². The maximum Gasteiger partial charge on any atom is 0.245 e. The molecule has 0 aliphatic heterocycles. The zero-order chi connectivity index (χ0) is 14.3. The van der Waals surface area contributed by atoms with E-state index in [9.17, 15) is 9.59 Å². The highest BCUT2D eigenvalue weighted by Crippen LogP contribution is 2.06. The van der Waals surface area contributed by atoms with Crippen molar-refractivity contribution in [3.63, 3.8) is 0 Å². The van der Waals surface area contributed by atoms with Crippen LogP contribution in [0, 0.1) is 5.92 Å². The lowest BCUT2D eigenvalue weighted by Gasteiger charge is -2.23. The van der Waals surface area contributed by atoms with Gasteiger partial charge in [0.1, 0.15) is 6.26 Å². The summed E-state index contributed by atoms with van der Waals surface area (Å²) in [6.07, 6.45) is 3.24. The van der Waals surface area contributed by atoms with E-state index in [-0.39, 0.29) is 24.3 Å². The van der Waals surface area contributed by atoms with Crippen LogP contribution in [0.3, 0.4) is 0 Å². The van der Waals surface area contributed by atoms with Crippen molar-refractivity contribution in [2.24, 2.45) is 5.92 Å². The van der Waals surface area contributed by atoms with Gasteiger partial charge in [-0.15, -0.1) is 0 Å². The van der Waals surface area contributed by atoms with Gasteiger partial charge in [-0.2, -0.15) is 0 Å². The molecule has 0 bridgehead atoms. The molecule has 0 spiro atoms. The van der Waals surface area contributed by atoms with Crippen molar-refractivity contribution < 1.29 is 14.1 Å². The fourth-order valence-electron chi connectivity index (χ4n) is 1.61. The van der Waals surface area contributed by atoms with E-state index in [0.717, 1.165) is 12.8 Å². The Bertz CT molecular complexity index is 401. The second kappa shape index (κ2) is 7.56. The number of amides is 2. The Hall–Kier alpha value is -1.85. The summed E-state index contributed by atoms with van der Waals surface area (Å²) in [7, 11) is 0.